The summed E-state index contributed by atoms with van der Waals surface area (Å²) in [5.41, 5.74) is -2.15. The molecular formula is C15H17F3N2O3. The topological polar surface area (TPSA) is 79.3 Å². The summed E-state index contributed by atoms with van der Waals surface area (Å²) in [6.45, 7) is 0. The molecule has 0 atom stereocenters. The van der Waals surface area contributed by atoms with Gasteiger partial charge in [-0.3, -0.25) is 14.6 Å². The summed E-state index contributed by atoms with van der Waals surface area (Å²) in [4.78, 5) is 26.8. The second-order valence-electron chi connectivity index (χ2n) is 5.83. The third kappa shape index (κ3) is 4.43. The van der Waals surface area contributed by atoms with Gasteiger partial charge in [0.1, 0.15) is 0 Å². The van der Waals surface area contributed by atoms with Crippen LogP contribution >= 0.6 is 0 Å². The van der Waals surface area contributed by atoms with Crippen molar-refractivity contribution in [1.82, 2.24) is 10.3 Å². The van der Waals surface area contributed by atoms with Gasteiger partial charge < -0.3 is 10.4 Å². The Bertz CT molecular complexity index is 596. The lowest BCUT2D eigenvalue weighted by Crippen LogP contribution is -2.51. The number of rotatable bonds is 4. The molecule has 23 heavy (non-hydrogen) atoms. The molecule has 0 bridgehead atoms. The van der Waals surface area contributed by atoms with Crippen LogP contribution in [0.15, 0.2) is 18.5 Å². The summed E-state index contributed by atoms with van der Waals surface area (Å²) < 4.78 is 38.1. The molecular weight excluding hydrogens is 313 g/mol. The van der Waals surface area contributed by atoms with Gasteiger partial charge in [0, 0.05) is 12.4 Å². The third-order valence-corrected chi connectivity index (χ3v) is 4.01. The monoisotopic (exact) mass is 330 g/mol. The number of hydrogen-bond acceptors (Lipinski definition) is 3. The lowest BCUT2D eigenvalue weighted by Gasteiger charge is -2.37. The molecule has 1 aliphatic rings. The summed E-state index contributed by atoms with van der Waals surface area (Å²) in [6.07, 6.45) is 0.338. The number of nitrogens with one attached hydrogen (secondary N) is 1. The summed E-state index contributed by atoms with van der Waals surface area (Å²) in [7, 11) is 0. The summed E-state index contributed by atoms with van der Waals surface area (Å²) in [5.74, 6) is -1.78. The van der Waals surface area contributed by atoms with Gasteiger partial charge in [0.2, 0.25) is 0 Å². The first-order chi connectivity index (χ1) is 10.7. The highest BCUT2D eigenvalue weighted by molar-refractivity contribution is 5.94. The van der Waals surface area contributed by atoms with Gasteiger partial charge in [0.15, 0.2) is 0 Å². The second kappa shape index (κ2) is 6.55. The number of aromatic nitrogens is 1. The Hall–Kier alpha value is -2.12. The lowest BCUT2D eigenvalue weighted by atomic mass is 9.79. The molecule has 0 radical (unpaired) electrons. The van der Waals surface area contributed by atoms with Gasteiger partial charge in [-0.15, -0.1) is 0 Å². The van der Waals surface area contributed by atoms with E-state index < -0.39 is 29.2 Å². The number of carboxylic acids is 1. The minimum absolute atomic E-state index is 0.227. The highest BCUT2D eigenvalue weighted by Gasteiger charge is 2.37. The van der Waals surface area contributed by atoms with Gasteiger partial charge in [-0.25, -0.2) is 0 Å². The third-order valence-electron chi connectivity index (χ3n) is 4.01. The highest BCUT2D eigenvalue weighted by Crippen LogP contribution is 2.32. The van der Waals surface area contributed by atoms with Crippen LogP contribution in [0.3, 0.4) is 0 Å². The molecule has 2 N–H and O–H groups in total. The molecule has 1 amide bonds. The number of nitrogens with zero attached hydrogens (tertiary/aromatic N) is 1. The average Bonchev–Trinajstić information content (AvgIpc) is 2.46. The molecule has 1 saturated carbocycles. The average molecular weight is 330 g/mol. The van der Waals surface area contributed by atoms with Crippen molar-refractivity contribution in [2.24, 2.45) is 0 Å². The SMILES string of the molecule is O=C(O)CC1(NC(=O)c2cncc(C(F)(F)F)c2)CCCCC1. The van der Waals surface area contributed by atoms with Crippen molar-refractivity contribution < 1.29 is 27.9 Å². The second-order valence-corrected chi connectivity index (χ2v) is 5.83. The number of carboxylic acid groups (broad SMARTS) is 1. The van der Waals surface area contributed by atoms with E-state index in [2.05, 4.69) is 10.3 Å². The van der Waals surface area contributed by atoms with Crippen LogP contribution in [0.2, 0.25) is 0 Å². The van der Waals surface area contributed by atoms with Crippen molar-refractivity contribution in [3.05, 3.63) is 29.6 Å². The minimum Gasteiger partial charge on any atom is -0.481 e. The summed E-state index contributed by atoms with van der Waals surface area (Å²) >= 11 is 0. The van der Waals surface area contributed by atoms with Crippen molar-refractivity contribution in [3.8, 4) is 0 Å². The molecule has 0 aromatic carbocycles. The number of aliphatic carboxylic acids is 1. The number of amides is 1. The van der Waals surface area contributed by atoms with E-state index in [1.54, 1.807) is 0 Å². The van der Waals surface area contributed by atoms with E-state index in [0.717, 1.165) is 31.5 Å². The first kappa shape index (κ1) is 17.2. The van der Waals surface area contributed by atoms with Gasteiger partial charge >= 0.3 is 12.1 Å². The van der Waals surface area contributed by atoms with Crippen molar-refractivity contribution in [1.29, 1.82) is 0 Å². The van der Waals surface area contributed by atoms with Crippen LogP contribution in [-0.4, -0.2) is 27.5 Å². The smallest absolute Gasteiger partial charge is 0.417 e. The molecule has 1 heterocycles. The number of carbonyl (C=O) groups excluding carboxylic acids is 1. The van der Waals surface area contributed by atoms with Gasteiger partial charge in [-0.2, -0.15) is 13.2 Å². The zero-order valence-corrected chi connectivity index (χ0v) is 12.3. The fourth-order valence-electron chi connectivity index (χ4n) is 2.90. The number of hydrogen-bond donors (Lipinski definition) is 2. The Labute approximate surface area is 130 Å². The van der Waals surface area contributed by atoms with E-state index in [1.807, 2.05) is 0 Å². The Kier molecular flexibility index (Phi) is 4.91. The van der Waals surface area contributed by atoms with Crippen LogP contribution < -0.4 is 5.32 Å². The molecule has 5 nitrogen and oxygen atoms in total. The van der Waals surface area contributed by atoms with E-state index >= 15 is 0 Å². The molecule has 126 valence electrons. The maximum absolute atomic E-state index is 12.7. The van der Waals surface area contributed by atoms with Gasteiger partial charge in [-0.1, -0.05) is 19.3 Å². The van der Waals surface area contributed by atoms with Gasteiger partial charge in [0.25, 0.3) is 5.91 Å². The molecule has 8 heteroatoms. The molecule has 1 aliphatic carbocycles. The Morgan fingerprint density at radius 3 is 2.43 bits per heavy atom. The Morgan fingerprint density at radius 1 is 1.22 bits per heavy atom. The van der Waals surface area contributed by atoms with Crippen LogP contribution in [0.5, 0.6) is 0 Å². The van der Waals surface area contributed by atoms with Crippen molar-refractivity contribution in [2.45, 2.75) is 50.2 Å². The summed E-state index contributed by atoms with van der Waals surface area (Å²) in [6, 6.07) is 0.722. The van der Waals surface area contributed by atoms with E-state index in [-0.39, 0.29) is 12.0 Å². The first-order valence-electron chi connectivity index (χ1n) is 7.28. The van der Waals surface area contributed by atoms with Crippen LogP contribution in [0.4, 0.5) is 13.2 Å². The fourth-order valence-corrected chi connectivity index (χ4v) is 2.90. The first-order valence-corrected chi connectivity index (χ1v) is 7.28. The molecule has 0 saturated heterocycles. The van der Waals surface area contributed by atoms with Crippen LogP contribution in [-0.2, 0) is 11.0 Å². The molecule has 0 unspecified atom stereocenters. The van der Waals surface area contributed by atoms with Crippen LogP contribution in [0, 0.1) is 0 Å². The molecule has 1 aromatic rings. The maximum atomic E-state index is 12.7. The number of alkyl halides is 3. The minimum atomic E-state index is -4.59. The van der Waals surface area contributed by atoms with Gasteiger partial charge in [-0.05, 0) is 18.9 Å². The number of pyridine rings is 1. The van der Waals surface area contributed by atoms with Crippen molar-refractivity contribution >= 4 is 11.9 Å². The highest BCUT2D eigenvalue weighted by atomic mass is 19.4. The Balaban J connectivity index is 2.20. The van der Waals surface area contributed by atoms with E-state index in [0.29, 0.717) is 19.0 Å². The predicted molar refractivity (Wildman–Crippen MR) is 74.8 cm³/mol. The molecule has 1 fully saturated rings. The van der Waals surface area contributed by atoms with E-state index in [9.17, 15) is 22.8 Å². The Morgan fingerprint density at radius 2 is 1.87 bits per heavy atom. The number of carbonyl (C=O) groups is 2. The molecule has 2 rings (SSSR count). The van der Waals surface area contributed by atoms with E-state index in [1.165, 1.54) is 0 Å². The van der Waals surface area contributed by atoms with Crippen molar-refractivity contribution in [3.63, 3.8) is 0 Å². The molecule has 0 aliphatic heterocycles. The summed E-state index contributed by atoms with van der Waals surface area (Å²) in [5, 5.41) is 11.7. The number of halogens is 3. The fraction of sp³-hybridized carbons (Fsp3) is 0.533. The zero-order chi connectivity index (χ0) is 17.1. The van der Waals surface area contributed by atoms with Crippen molar-refractivity contribution in [2.75, 3.05) is 0 Å². The quantitative estimate of drug-likeness (QED) is 0.889. The largest absolute Gasteiger partial charge is 0.481 e. The van der Waals surface area contributed by atoms with Crippen LogP contribution in [0.25, 0.3) is 0 Å². The van der Waals surface area contributed by atoms with Crippen LogP contribution in [0.1, 0.15) is 54.4 Å². The van der Waals surface area contributed by atoms with Gasteiger partial charge in [0.05, 0.1) is 23.1 Å². The predicted octanol–water partition coefficient (Wildman–Crippen LogP) is 3.01. The standard InChI is InChI=1S/C15H17F3N2O3/c16-15(17,18)11-6-10(8-19-9-11)13(23)20-14(7-12(21)22)4-2-1-3-5-14/h6,8-9H,1-5,7H2,(H,20,23)(H,21,22). The molecule has 1 aromatic heterocycles. The normalized spacial score (nSPS) is 17.5. The molecule has 0 spiro atoms. The zero-order valence-electron chi connectivity index (χ0n) is 12.3. The maximum Gasteiger partial charge on any atom is 0.417 e. The van der Waals surface area contributed by atoms with E-state index in [4.69, 9.17) is 5.11 Å². The lowest BCUT2D eigenvalue weighted by molar-refractivity contribution is -0.139.